The molecule has 0 aromatic carbocycles. The molecule has 1 heterocycles. The number of ketones is 1. The number of halogens is 2. The summed E-state index contributed by atoms with van der Waals surface area (Å²) in [6, 6.07) is 0. The van der Waals surface area contributed by atoms with Crippen LogP contribution in [0.5, 0.6) is 0 Å². The van der Waals surface area contributed by atoms with Crippen molar-refractivity contribution in [2.75, 3.05) is 6.54 Å². The lowest BCUT2D eigenvalue weighted by Gasteiger charge is -2.35. The summed E-state index contributed by atoms with van der Waals surface area (Å²) in [5.74, 6) is -0.263. The second kappa shape index (κ2) is 5.30. The summed E-state index contributed by atoms with van der Waals surface area (Å²) < 4.78 is 5.36. The lowest BCUT2D eigenvalue weighted by Crippen LogP contribution is -2.51. The van der Waals surface area contributed by atoms with Gasteiger partial charge in [-0.25, -0.2) is 0 Å². The summed E-state index contributed by atoms with van der Waals surface area (Å²) in [7, 11) is 0. The van der Waals surface area contributed by atoms with Gasteiger partial charge in [-0.15, -0.1) is 0 Å². The lowest BCUT2D eigenvalue weighted by atomic mass is 10.1. The van der Waals surface area contributed by atoms with E-state index in [1.165, 1.54) is 0 Å². The molecule has 6 heteroatoms. The standard InChI is InChI=1S/C10H15BrINO3/c1-10(2,3)16-9(12)13-5-4-6(14)7(11)8(13)15/h7,9H,4-5H2,1-3H3. The number of piperidine rings is 1. The quantitative estimate of drug-likeness (QED) is 0.307. The summed E-state index contributed by atoms with van der Waals surface area (Å²) in [4.78, 5) is 24.0. The van der Waals surface area contributed by atoms with Crippen LogP contribution in [0.2, 0.25) is 0 Å². The number of Topliss-reactive ketones (excluding diaryl/α,β-unsaturated/α-hetero) is 1. The van der Waals surface area contributed by atoms with Crippen LogP contribution in [-0.2, 0) is 14.3 Å². The largest absolute Gasteiger partial charge is 0.343 e. The number of rotatable bonds is 2. The van der Waals surface area contributed by atoms with E-state index in [2.05, 4.69) is 38.5 Å². The number of alkyl halides is 2. The van der Waals surface area contributed by atoms with E-state index in [1.54, 1.807) is 4.90 Å². The van der Waals surface area contributed by atoms with Crippen LogP contribution in [0.1, 0.15) is 27.2 Å². The van der Waals surface area contributed by atoms with Gasteiger partial charge in [0.25, 0.3) is 0 Å². The molecule has 1 fully saturated rings. The van der Waals surface area contributed by atoms with E-state index >= 15 is 0 Å². The number of carbonyl (C=O) groups excluding carboxylic acids is 2. The van der Waals surface area contributed by atoms with E-state index < -0.39 is 4.83 Å². The van der Waals surface area contributed by atoms with Crippen molar-refractivity contribution in [3.8, 4) is 0 Å². The Morgan fingerprint density at radius 2 is 2.06 bits per heavy atom. The Morgan fingerprint density at radius 3 is 2.56 bits per heavy atom. The molecule has 0 aliphatic carbocycles. The van der Waals surface area contributed by atoms with Crippen LogP contribution in [-0.4, -0.2) is 37.8 Å². The maximum atomic E-state index is 11.8. The molecule has 92 valence electrons. The third kappa shape index (κ3) is 3.66. The molecule has 0 saturated carbocycles. The van der Waals surface area contributed by atoms with Gasteiger partial charge in [0.05, 0.1) is 5.60 Å². The molecule has 1 rings (SSSR count). The minimum Gasteiger partial charge on any atom is -0.343 e. The fraction of sp³-hybridized carbons (Fsp3) is 0.800. The zero-order valence-corrected chi connectivity index (χ0v) is 13.2. The Hall–Kier alpha value is 0.310. The fourth-order valence-electron chi connectivity index (χ4n) is 1.31. The topological polar surface area (TPSA) is 46.6 Å². The average molecular weight is 404 g/mol. The van der Waals surface area contributed by atoms with Crippen molar-refractivity contribution < 1.29 is 14.3 Å². The number of nitrogens with zero attached hydrogens (tertiary/aromatic N) is 1. The van der Waals surface area contributed by atoms with Crippen LogP contribution in [0.15, 0.2) is 0 Å². The van der Waals surface area contributed by atoms with Crippen molar-refractivity contribution in [3.05, 3.63) is 0 Å². The summed E-state index contributed by atoms with van der Waals surface area (Å²) in [5, 5.41) is 0. The molecule has 16 heavy (non-hydrogen) atoms. The van der Waals surface area contributed by atoms with Gasteiger partial charge < -0.3 is 9.64 Å². The van der Waals surface area contributed by atoms with Crippen molar-refractivity contribution in [1.82, 2.24) is 4.90 Å². The van der Waals surface area contributed by atoms with Crippen LogP contribution in [0, 0.1) is 0 Å². The van der Waals surface area contributed by atoms with Crippen molar-refractivity contribution in [2.24, 2.45) is 0 Å². The van der Waals surface area contributed by atoms with Crippen LogP contribution in [0.25, 0.3) is 0 Å². The van der Waals surface area contributed by atoms with E-state index in [4.69, 9.17) is 4.74 Å². The number of hydrogen-bond donors (Lipinski definition) is 0. The predicted molar refractivity (Wildman–Crippen MR) is 72.7 cm³/mol. The third-order valence-corrected chi connectivity index (χ3v) is 3.91. The van der Waals surface area contributed by atoms with E-state index in [0.717, 1.165) is 0 Å². The van der Waals surface area contributed by atoms with Crippen molar-refractivity contribution in [3.63, 3.8) is 0 Å². The monoisotopic (exact) mass is 403 g/mol. The minimum absolute atomic E-state index is 0.0550. The van der Waals surface area contributed by atoms with Gasteiger partial charge in [0.1, 0.15) is 0 Å². The number of likely N-dealkylation sites (tertiary alicyclic amines) is 1. The highest BCUT2D eigenvalue weighted by Gasteiger charge is 2.37. The van der Waals surface area contributed by atoms with Crippen LogP contribution in [0.3, 0.4) is 0 Å². The predicted octanol–water partition coefficient (Wildman–Crippen LogP) is 2.08. The Balaban J connectivity index is 2.67. The number of ether oxygens (including phenoxy) is 1. The number of amides is 1. The van der Waals surface area contributed by atoms with Crippen molar-refractivity contribution >= 4 is 50.2 Å². The second-order valence-electron chi connectivity index (χ2n) is 4.63. The summed E-state index contributed by atoms with van der Waals surface area (Å²) in [6.07, 6.45) is 0.384. The SMILES string of the molecule is CC(C)(C)OC(I)N1CCC(=O)C(Br)C1=O. The normalized spacial score (nSPS) is 24.8. The molecule has 0 radical (unpaired) electrons. The fourth-order valence-corrected chi connectivity index (χ4v) is 3.12. The van der Waals surface area contributed by atoms with E-state index in [-0.39, 0.29) is 21.5 Å². The maximum Gasteiger partial charge on any atom is 0.246 e. The lowest BCUT2D eigenvalue weighted by molar-refractivity contribution is -0.150. The van der Waals surface area contributed by atoms with Gasteiger partial charge in [0, 0.05) is 13.0 Å². The summed E-state index contributed by atoms with van der Waals surface area (Å²) >= 11 is 5.18. The molecule has 1 aliphatic heterocycles. The van der Waals surface area contributed by atoms with E-state index in [0.29, 0.717) is 13.0 Å². The molecule has 0 aromatic rings. The molecule has 0 N–H and O–H groups in total. The smallest absolute Gasteiger partial charge is 0.246 e. The molecule has 1 amide bonds. The molecular weight excluding hydrogens is 389 g/mol. The molecule has 4 nitrogen and oxygen atoms in total. The molecule has 0 bridgehead atoms. The van der Waals surface area contributed by atoms with Crippen LogP contribution >= 0.6 is 38.5 Å². The Kier molecular flexibility index (Phi) is 4.76. The molecule has 1 saturated heterocycles. The second-order valence-corrected chi connectivity index (χ2v) is 6.61. The summed E-state index contributed by atoms with van der Waals surface area (Å²) in [6.45, 7) is 6.24. The van der Waals surface area contributed by atoms with Gasteiger partial charge >= 0.3 is 0 Å². The first-order valence-electron chi connectivity index (χ1n) is 5.01. The Labute approximate surface area is 117 Å². The zero-order valence-electron chi connectivity index (χ0n) is 9.50. The first-order valence-corrected chi connectivity index (χ1v) is 7.17. The van der Waals surface area contributed by atoms with Crippen LogP contribution in [0.4, 0.5) is 0 Å². The minimum atomic E-state index is -0.706. The third-order valence-electron chi connectivity index (χ3n) is 2.08. The highest BCUT2D eigenvalue weighted by atomic mass is 127. The van der Waals surface area contributed by atoms with Crippen molar-refractivity contribution in [1.29, 1.82) is 0 Å². The van der Waals surface area contributed by atoms with E-state index in [1.807, 2.05) is 20.8 Å². The van der Waals surface area contributed by atoms with Gasteiger partial charge in [-0.3, -0.25) is 9.59 Å². The Morgan fingerprint density at radius 1 is 1.50 bits per heavy atom. The number of carbonyl (C=O) groups is 2. The zero-order chi connectivity index (χ0) is 12.5. The Bertz CT molecular complexity index is 303. The van der Waals surface area contributed by atoms with Gasteiger partial charge in [-0.05, 0) is 43.4 Å². The van der Waals surface area contributed by atoms with Gasteiger partial charge in [0.15, 0.2) is 14.8 Å². The van der Waals surface area contributed by atoms with E-state index in [9.17, 15) is 9.59 Å². The first-order chi connectivity index (χ1) is 7.22. The molecule has 2 atom stereocenters. The van der Waals surface area contributed by atoms with Gasteiger partial charge in [0.2, 0.25) is 5.91 Å². The maximum absolute atomic E-state index is 11.8. The molecular formula is C10H15BrINO3. The average Bonchev–Trinajstić information content (AvgIpc) is 2.11. The van der Waals surface area contributed by atoms with Gasteiger partial charge in [-0.2, -0.15) is 0 Å². The summed E-state index contributed by atoms with van der Waals surface area (Å²) in [5.41, 5.74) is -0.310. The highest BCUT2D eigenvalue weighted by Crippen LogP contribution is 2.24. The first kappa shape index (κ1) is 14.4. The van der Waals surface area contributed by atoms with Crippen LogP contribution < -0.4 is 0 Å². The highest BCUT2D eigenvalue weighted by molar-refractivity contribution is 14.1. The molecule has 0 aromatic heterocycles. The molecule has 1 aliphatic rings. The molecule has 0 spiro atoms. The number of hydrogen-bond acceptors (Lipinski definition) is 3. The van der Waals surface area contributed by atoms with Gasteiger partial charge in [-0.1, -0.05) is 15.9 Å². The van der Waals surface area contributed by atoms with Crippen molar-refractivity contribution in [2.45, 2.75) is 41.9 Å². The molecule has 2 unspecified atom stereocenters.